The Morgan fingerprint density at radius 2 is 1.63 bits per heavy atom. The van der Waals surface area contributed by atoms with Gasteiger partial charge >= 0.3 is 6.18 Å². The molecule has 4 unspecified atom stereocenters. The Bertz CT molecular complexity index is 1100. The minimum Gasteiger partial charge on any atom is -0.370 e. The summed E-state index contributed by atoms with van der Waals surface area (Å²) in [7, 11) is -1.66. The molecule has 0 radical (unpaired) electrons. The highest BCUT2D eigenvalue weighted by Gasteiger charge is 2.46. The van der Waals surface area contributed by atoms with Crippen LogP contribution in [0.15, 0.2) is 54.6 Å². The molecule has 0 saturated carbocycles. The summed E-state index contributed by atoms with van der Waals surface area (Å²) in [5.41, 5.74) is 5.69. The topological polar surface area (TPSA) is 89.7 Å². The van der Waals surface area contributed by atoms with Crippen molar-refractivity contribution in [3.05, 3.63) is 70.2 Å². The quantitative estimate of drug-likeness (QED) is 0.446. The number of amides is 2. The van der Waals surface area contributed by atoms with Crippen molar-refractivity contribution in [3.63, 3.8) is 0 Å². The minimum absolute atomic E-state index is 0.137. The molecule has 2 amide bonds. The molecule has 210 valence electrons. The summed E-state index contributed by atoms with van der Waals surface area (Å²) in [5, 5.41) is 1.22. The van der Waals surface area contributed by atoms with Gasteiger partial charge in [0.1, 0.15) is 6.10 Å². The molecular weight excluding hydrogens is 564 g/mol. The fourth-order valence-electron chi connectivity index (χ4n) is 3.73. The van der Waals surface area contributed by atoms with E-state index in [1.54, 1.807) is 45.0 Å². The van der Waals surface area contributed by atoms with Crippen LogP contribution in [0.2, 0.25) is 10.0 Å². The molecule has 0 bridgehead atoms. The zero-order valence-electron chi connectivity index (χ0n) is 21.2. The van der Waals surface area contributed by atoms with Gasteiger partial charge in [-0.15, -0.1) is 0 Å². The standard InChI is InChI=1S/C20H26ClF3N2O4S.C6H5Cl/c1-19(2,3)31(29)11-14(9-20(22,23)24)26-15(12-4-6-13(21)7-5-12)10-30-16(18(26)28)8-17(25)27;7-6-4-2-1-3-5-6/h4-7,14-16H,8-11H2,1-3H3,(H2,25,27);1-5H. The predicted molar refractivity (Wildman–Crippen MR) is 143 cm³/mol. The van der Waals surface area contributed by atoms with Gasteiger partial charge in [-0.3, -0.25) is 13.8 Å². The number of rotatable bonds is 7. The van der Waals surface area contributed by atoms with Crippen LogP contribution in [0.3, 0.4) is 0 Å². The van der Waals surface area contributed by atoms with Crippen LogP contribution in [0.5, 0.6) is 0 Å². The molecule has 2 aromatic carbocycles. The zero-order valence-corrected chi connectivity index (χ0v) is 23.5. The zero-order chi connectivity index (χ0) is 28.7. The Morgan fingerprint density at radius 3 is 2.08 bits per heavy atom. The van der Waals surface area contributed by atoms with Crippen LogP contribution >= 0.6 is 23.2 Å². The number of primary amides is 1. The van der Waals surface area contributed by atoms with Crippen LogP contribution in [0.1, 0.15) is 45.2 Å². The Balaban J connectivity index is 0.000000624. The predicted octanol–water partition coefficient (Wildman–Crippen LogP) is 5.69. The number of nitrogens with zero attached hydrogens (tertiary/aromatic N) is 1. The summed E-state index contributed by atoms with van der Waals surface area (Å²) in [6, 6.07) is 13.5. The van der Waals surface area contributed by atoms with Crippen LogP contribution in [-0.2, 0) is 25.1 Å². The van der Waals surface area contributed by atoms with E-state index < -0.39 is 64.6 Å². The average Bonchev–Trinajstić information content (AvgIpc) is 2.79. The number of morpholine rings is 1. The van der Waals surface area contributed by atoms with Gasteiger partial charge in [-0.25, -0.2) is 0 Å². The minimum atomic E-state index is -4.60. The lowest BCUT2D eigenvalue weighted by molar-refractivity contribution is -0.177. The number of halogens is 5. The molecule has 1 fully saturated rings. The molecule has 0 aliphatic carbocycles. The highest BCUT2D eigenvalue weighted by Crippen LogP contribution is 2.35. The Kier molecular flexibility index (Phi) is 11.6. The molecule has 4 atom stereocenters. The lowest BCUT2D eigenvalue weighted by Crippen LogP contribution is -2.57. The number of ether oxygens (including phenoxy) is 1. The number of nitrogens with two attached hydrogens (primary N) is 1. The average molecular weight is 596 g/mol. The van der Waals surface area contributed by atoms with E-state index in [2.05, 4.69) is 0 Å². The molecular formula is C26H31Cl2F3N2O4S. The number of alkyl halides is 3. The van der Waals surface area contributed by atoms with Crippen LogP contribution in [0, 0.1) is 0 Å². The van der Waals surface area contributed by atoms with Crippen molar-refractivity contribution in [1.29, 1.82) is 0 Å². The SMILES string of the molecule is CC(C)(C)S(=O)CC(CC(F)(F)F)N1C(=O)C(CC(N)=O)OCC1c1ccc(Cl)cc1.Clc1ccccc1. The molecule has 12 heteroatoms. The molecule has 0 spiro atoms. The smallest absolute Gasteiger partial charge is 0.370 e. The normalized spacial score (nSPS) is 19.8. The van der Waals surface area contributed by atoms with E-state index in [0.29, 0.717) is 10.6 Å². The highest BCUT2D eigenvalue weighted by atomic mass is 35.5. The first kappa shape index (κ1) is 32.1. The van der Waals surface area contributed by atoms with E-state index in [4.69, 9.17) is 33.7 Å². The molecule has 1 heterocycles. The Hall–Kier alpha value is -2.14. The third kappa shape index (κ3) is 10.2. The van der Waals surface area contributed by atoms with Crippen molar-refractivity contribution in [2.75, 3.05) is 12.4 Å². The summed E-state index contributed by atoms with van der Waals surface area (Å²) in [4.78, 5) is 25.6. The van der Waals surface area contributed by atoms with Gasteiger partial charge < -0.3 is 15.4 Å². The van der Waals surface area contributed by atoms with E-state index in [1.165, 1.54) is 0 Å². The van der Waals surface area contributed by atoms with Gasteiger partial charge in [-0.05, 0) is 50.6 Å². The van der Waals surface area contributed by atoms with Crippen LogP contribution in [0.25, 0.3) is 0 Å². The summed E-state index contributed by atoms with van der Waals surface area (Å²) in [5.74, 6) is -1.97. The van der Waals surface area contributed by atoms with Crippen molar-refractivity contribution < 1.29 is 31.7 Å². The lowest BCUT2D eigenvalue weighted by atomic mass is 9.99. The Labute approximate surface area is 233 Å². The van der Waals surface area contributed by atoms with E-state index in [9.17, 15) is 27.0 Å². The number of hydrogen-bond acceptors (Lipinski definition) is 4. The van der Waals surface area contributed by atoms with Gasteiger partial charge in [0.2, 0.25) is 5.91 Å². The van der Waals surface area contributed by atoms with E-state index in [1.807, 2.05) is 30.3 Å². The number of carbonyl (C=O) groups is 2. The first-order valence-electron chi connectivity index (χ1n) is 11.7. The second-order valence-corrected chi connectivity index (χ2v) is 12.8. The summed E-state index contributed by atoms with van der Waals surface area (Å²) in [6.07, 6.45) is -7.69. The molecule has 6 nitrogen and oxygen atoms in total. The van der Waals surface area contributed by atoms with Crippen LogP contribution in [0.4, 0.5) is 13.2 Å². The third-order valence-electron chi connectivity index (χ3n) is 5.58. The molecule has 2 aromatic rings. The van der Waals surface area contributed by atoms with E-state index in [0.717, 1.165) is 9.92 Å². The molecule has 1 aliphatic rings. The maximum Gasteiger partial charge on any atom is 0.391 e. The Morgan fingerprint density at radius 1 is 1.08 bits per heavy atom. The molecule has 1 saturated heterocycles. The van der Waals surface area contributed by atoms with E-state index >= 15 is 0 Å². The van der Waals surface area contributed by atoms with Gasteiger partial charge in [0, 0.05) is 31.3 Å². The molecule has 2 N–H and O–H groups in total. The van der Waals surface area contributed by atoms with Crippen molar-refractivity contribution in [3.8, 4) is 0 Å². The number of benzene rings is 2. The van der Waals surface area contributed by atoms with Crippen molar-refractivity contribution >= 4 is 45.8 Å². The molecule has 1 aliphatic heterocycles. The van der Waals surface area contributed by atoms with E-state index in [-0.39, 0.29) is 12.4 Å². The molecule has 0 aromatic heterocycles. The fraction of sp³-hybridized carbons (Fsp3) is 0.462. The highest BCUT2D eigenvalue weighted by molar-refractivity contribution is 7.86. The fourth-order valence-corrected chi connectivity index (χ4v) is 5.13. The van der Waals surface area contributed by atoms with Gasteiger partial charge in [-0.1, -0.05) is 53.5 Å². The third-order valence-corrected chi connectivity index (χ3v) is 8.14. The first-order chi connectivity index (χ1) is 17.6. The summed E-state index contributed by atoms with van der Waals surface area (Å²) < 4.78 is 57.9. The van der Waals surface area contributed by atoms with Crippen molar-refractivity contribution in [2.24, 2.45) is 5.73 Å². The largest absolute Gasteiger partial charge is 0.391 e. The van der Waals surface area contributed by atoms with Gasteiger partial charge in [0.05, 0.1) is 31.5 Å². The number of carbonyl (C=O) groups excluding carboxylic acids is 2. The maximum absolute atomic E-state index is 13.5. The summed E-state index contributed by atoms with van der Waals surface area (Å²) in [6.45, 7) is 4.83. The van der Waals surface area contributed by atoms with Crippen LogP contribution < -0.4 is 5.73 Å². The lowest BCUT2D eigenvalue weighted by Gasteiger charge is -2.44. The number of hydrogen-bond donors (Lipinski definition) is 1. The van der Waals surface area contributed by atoms with Crippen molar-refractivity contribution in [1.82, 2.24) is 4.90 Å². The molecule has 3 rings (SSSR count). The summed E-state index contributed by atoms with van der Waals surface area (Å²) >= 11 is 11.5. The maximum atomic E-state index is 13.5. The monoisotopic (exact) mass is 594 g/mol. The second-order valence-electron chi connectivity index (χ2n) is 9.70. The van der Waals surface area contributed by atoms with Gasteiger partial charge in [0.25, 0.3) is 5.91 Å². The molecule has 38 heavy (non-hydrogen) atoms. The van der Waals surface area contributed by atoms with Crippen LogP contribution in [-0.4, -0.2) is 56.4 Å². The van der Waals surface area contributed by atoms with Gasteiger partial charge in [0.15, 0.2) is 0 Å². The van der Waals surface area contributed by atoms with Gasteiger partial charge in [-0.2, -0.15) is 13.2 Å². The van der Waals surface area contributed by atoms with Crippen molar-refractivity contribution in [2.45, 2.75) is 62.7 Å². The second kappa shape index (κ2) is 13.8. The first-order valence-corrected chi connectivity index (χ1v) is 13.8.